The Labute approximate surface area is 106 Å². The van der Waals surface area contributed by atoms with Crippen molar-refractivity contribution < 1.29 is 0 Å². The van der Waals surface area contributed by atoms with Crippen LogP contribution in [0.15, 0.2) is 17.5 Å². The maximum absolute atomic E-state index is 5.80. The molecule has 0 unspecified atom stereocenters. The Hall–Kier alpha value is -0.690. The van der Waals surface area contributed by atoms with Crippen LogP contribution in [0.5, 0.6) is 0 Å². The summed E-state index contributed by atoms with van der Waals surface area (Å²) in [5, 5.41) is 2.05. The van der Waals surface area contributed by atoms with E-state index in [0.717, 1.165) is 21.5 Å². The molecule has 5 heteroatoms. The summed E-state index contributed by atoms with van der Waals surface area (Å²) in [4.78, 5) is 9.95. The van der Waals surface area contributed by atoms with Crippen molar-refractivity contribution in [2.75, 3.05) is 5.73 Å². The number of anilines is 1. The summed E-state index contributed by atoms with van der Waals surface area (Å²) in [6.07, 6.45) is 0.764. The van der Waals surface area contributed by atoms with E-state index in [1.807, 2.05) is 13.0 Å². The molecule has 2 aromatic heterocycles. The molecule has 2 rings (SSSR count). The van der Waals surface area contributed by atoms with Crippen LogP contribution >= 0.6 is 33.9 Å². The van der Waals surface area contributed by atoms with Gasteiger partial charge in [0.25, 0.3) is 0 Å². The third kappa shape index (κ3) is 2.46. The van der Waals surface area contributed by atoms with Crippen LogP contribution in [-0.4, -0.2) is 9.97 Å². The Morgan fingerprint density at radius 2 is 2.27 bits per heavy atom. The molecule has 2 N–H and O–H groups in total. The van der Waals surface area contributed by atoms with Crippen molar-refractivity contribution in [3.8, 4) is 0 Å². The van der Waals surface area contributed by atoms with Gasteiger partial charge in [0.05, 0.1) is 9.26 Å². The molecular formula is C10H10IN3S. The minimum atomic E-state index is 0.578. The summed E-state index contributed by atoms with van der Waals surface area (Å²) in [5.74, 6) is 1.38. The quantitative estimate of drug-likeness (QED) is 0.861. The first-order valence-corrected chi connectivity index (χ1v) is 6.43. The highest BCUT2D eigenvalue weighted by atomic mass is 127. The van der Waals surface area contributed by atoms with E-state index >= 15 is 0 Å². The maximum atomic E-state index is 5.80. The SMILES string of the molecule is Cc1nc(Cc2cccs2)nc(N)c1I. The second-order valence-electron chi connectivity index (χ2n) is 3.18. The molecule has 0 saturated carbocycles. The highest BCUT2D eigenvalue weighted by molar-refractivity contribution is 14.1. The van der Waals surface area contributed by atoms with Gasteiger partial charge in [-0.05, 0) is 41.0 Å². The topological polar surface area (TPSA) is 51.8 Å². The normalized spacial score (nSPS) is 10.5. The Kier molecular flexibility index (Phi) is 3.20. The fourth-order valence-electron chi connectivity index (χ4n) is 1.29. The number of aryl methyl sites for hydroxylation is 1. The van der Waals surface area contributed by atoms with Gasteiger partial charge in [-0.2, -0.15) is 0 Å². The highest BCUT2D eigenvalue weighted by Crippen LogP contribution is 2.18. The highest BCUT2D eigenvalue weighted by Gasteiger charge is 2.07. The second-order valence-corrected chi connectivity index (χ2v) is 5.29. The fraction of sp³-hybridized carbons (Fsp3) is 0.200. The van der Waals surface area contributed by atoms with Gasteiger partial charge in [-0.25, -0.2) is 9.97 Å². The molecule has 0 fully saturated rings. The van der Waals surface area contributed by atoms with Crippen LogP contribution in [-0.2, 0) is 6.42 Å². The molecule has 0 atom stereocenters. The van der Waals surface area contributed by atoms with Gasteiger partial charge < -0.3 is 5.73 Å². The van der Waals surface area contributed by atoms with Crippen molar-refractivity contribution in [2.45, 2.75) is 13.3 Å². The molecule has 0 amide bonds. The van der Waals surface area contributed by atoms with Crippen LogP contribution in [0.4, 0.5) is 5.82 Å². The van der Waals surface area contributed by atoms with Crippen molar-refractivity contribution in [1.82, 2.24) is 9.97 Å². The molecule has 0 saturated heterocycles. The molecule has 0 spiro atoms. The van der Waals surface area contributed by atoms with E-state index in [1.54, 1.807) is 11.3 Å². The van der Waals surface area contributed by atoms with E-state index < -0.39 is 0 Å². The number of hydrogen-bond donors (Lipinski definition) is 1. The van der Waals surface area contributed by atoms with E-state index in [2.05, 4.69) is 44.0 Å². The predicted molar refractivity (Wildman–Crippen MR) is 71.0 cm³/mol. The largest absolute Gasteiger partial charge is 0.383 e. The molecule has 0 aliphatic heterocycles. The summed E-state index contributed by atoms with van der Waals surface area (Å²) in [6, 6.07) is 4.11. The van der Waals surface area contributed by atoms with Crippen LogP contribution in [0.3, 0.4) is 0 Å². The zero-order valence-corrected chi connectivity index (χ0v) is 11.2. The molecule has 2 aromatic rings. The summed E-state index contributed by atoms with van der Waals surface area (Å²) >= 11 is 3.88. The zero-order chi connectivity index (χ0) is 10.8. The van der Waals surface area contributed by atoms with E-state index in [9.17, 15) is 0 Å². The van der Waals surface area contributed by atoms with Crippen LogP contribution in [0.1, 0.15) is 16.4 Å². The molecular weight excluding hydrogens is 321 g/mol. The van der Waals surface area contributed by atoms with Crippen molar-refractivity contribution in [3.05, 3.63) is 37.5 Å². The molecule has 3 nitrogen and oxygen atoms in total. The van der Waals surface area contributed by atoms with Crippen molar-refractivity contribution in [2.24, 2.45) is 0 Å². The van der Waals surface area contributed by atoms with Crippen molar-refractivity contribution >= 4 is 39.7 Å². The Morgan fingerprint density at radius 3 is 2.87 bits per heavy atom. The van der Waals surface area contributed by atoms with Gasteiger partial charge in [0.1, 0.15) is 11.6 Å². The van der Waals surface area contributed by atoms with E-state index in [-0.39, 0.29) is 0 Å². The average Bonchev–Trinajstić information content (AvgIpc) is 2.66. The first-order chi connectivity index (χ1) is 7.16. The van der Waals surface area contributed by atoms with E-state index in [0.29, 0.717) is 5.82 Å². The lowest BCUT2D eigenvalue weighted by Crippen LogP contribution is -2.05. The Balaban J connectivity index is 2.30. The van der Waals surface area contributed by atoms with Crippen LogP contribution in [0, 0.1) is 10.5 Å². The monoisotopic (exact) mass is 331 g/mol. The molecule has 0 aromatic carbocycles. The third-order valence-electron chi connectivity index (χ3n) is 2.00. The van der Waals surface area contributed by atoms with Gasteiger partial charge in [0.15, 0.2) is 0 Å². The minimum absolute atomic E-state index is 0.578. The molecule has 0 aliphatic carbocycles. The minimum Gasteiger partial charge on any atom is -0.383 e. The smallest absolute Gasteiger partial charge is 0.140 e. The number of hydrogen-bond acceptors (Lipinski definition) is 4. The summed E-state index contributed by atoms with van der Waals surface area (Å²) < 4.78 is 0.947. The molecule has 78 valence electrons. The van der Waals surface area contributed by atoms with Crippen molar-refractivity contribution in [3.63, 3.8) is 0 Å². The van der Waals surface area contributed by atoms with Gasteiger partial charge in [0, 0.05) is 11.3 Å². The van der Waals surface area contributed by atoms with Crippen LogP contribution in [0.25, 0.3) is 0 Å². The number of nitrogen functional groups attached to an aromatic ring is 1. The number of thiophene rings is 1. The van der Waals surface area contributed by atoms with Crippen LogP contribution < -0.4 is 5.73 Å². The van der Waals surface area contributed by atoms with E-state index in [1.165, 1.54) is 4.88 Å². The number of aromatic nitrogens is 2. The van der Waals surface area contributed by atoms with Gasteiger partial charge >= 0.3 is 0 Å². The standard InChI is InChI=1S/C10H10IN3S/c1-6-9(11)10(12)14-8(13-6)5-7-3-2-4-15-7/h2-4H,5H2,1H3,(H2,12,13,14). The first-order valence-electron chi connectivity index (χ1n) is 4.47. The van der Waals surface area contributed by atoms with Crippen molar-refractivity contribution in [1.29, 1.82) is 0 Å². The van der Waals surface area contributed by atoms with Gasteiger partial charge in [-0.15, -0.1) is 11.3 Å². The molecule has 0 aliphatic rings. The lowest BCUT2D eigenvalue weighted by Gasteiger charge is -2.04. The zero-order valence-electron chi connectivity index (χ0n) is 8.20. The first kappa shape index (κ1) is 10.8. The second kappa shape index (κ2) is 4.44. The summed E-state index contributed by atoms with van der Waals surface area (Å²) in [6.45, 7) is 1.96. The molecule has 0 radical (unpaired) electrons. The average molecular weight is 331 g/mol. The number of nitrogens with two attached hydrogens (primary N) is 1. The number of nitrogens with zero attached hydrogens (tertiary/aromatic N) is 2. The number of rotatable bonds is 2. The predicted octanol–water partition coefficient (Wildman–Crippen LogP) is 2.62. The molecule has 15 heavy (non-hydrogen) atoms. The van der Waals surface area contributed by atoms with Gasteiger partial charge in [-0.1, -0.05) is 6.07 Å². The summed E-state index contributed by atoms with van der Waals surface area (Å²) in [5.41, 5.74) is 6.75. The lowest BCUT2D eigenvalue weighted by molar-refractivity contribution is 0.950. The van der Waals surface area contributed by atoms with Gasteiger partial charge in [-0.3, -0.25) is 0 Å². The third-order valence-corrected chi connectivity index (χ3v) is 4.21. The summed E-state index contributed by atoms with van der Waals surface area (Å²) in [7, 11) is 0. The lowest BCUT2D eigenvalue weighted by atomic mass is 10.3. The molecule has 2 heterocycles. The van der Waals surface area contributed by atoms with Gasteiger partial charge in [0.2, 0.25) is 0 Å². The van der Waals surface area contributed by atoms with E-state index in [4.69, 9.17) is 5.73 Å². The fourth-order valence-corrected chi connectivity index (χ4v) is 2.23. The maximum Gasteiger partial charge on any atom is 0.140 e. The number of halogens is 1. The molecule has 0 bridgehead atoms. The Morgan fingerprint density at radius 1 is 1.47 bits per heavy atom. The van der Waals surface area contributed by atoms with Crippen LogP contribution in [0.2, 0.25) is 0 Å². The Bertz CT molecular complexity index is 445.